The molecule has 1 atom stereocenters. The van der Waals surface area contributed by atoms with Crippen molar-refractivity contribution in [3.63, 3.8) is 0 Å². The molecule has 2 aliphatic heterocycles. The maximum atomic E-state index is 13.1. The average Bonchev–Trinajstić information content (AvgIpc) is 3.49. The van der Waals surface area contributed by atoms with Crippen LogP contribution in [0.3, 0.4) is 0 Å². The number of nitrogens with zero attached hydrogens (tertiary/aromatic N) is 6. The first-order valence-electron chi connectivity index (χ1n) is 12.1. The number of hydrogen-bond donors (Lipinski definition) is 1. The van der Waals surface area contributed by atoms with Crippen LogP contribution >= 0.6 is 0 Å². The van der Waals surface area contributed by atoms with E-state index in [1.165, 1.54) is 29.7 Å². The van der Waals surface area contributed by atoms with Crippen LogP contribution in [0.25, 0.3) is 0 Å². The van der Waals surface area contributed by atoms with Crippen molar-refractivity contribution in [1.29, 1.82) is 0 Å². The minimum atomic E-state index is -0.229. The van der Waals surface area contributed by atoms with Gasteiger partial charge in [-0.15, -0.1) is 5.10 Å². The molecule has 178 valence electrons. The fraction of sp³-hybridized carbons (Fsp3) is 0.667. The van der Waals surface area contributed by atoms with Crippen molar-refractivity contribution in [2.45, 2.75) is 77.7 Å². The molecular weight excluding hydrogens is 418 g/mol. The summed E-state index contributed by atoms with van der Waals surface area (Å²) in [5, 5.41) is 7.76. The quantitative estimate of drug-likeness (QED) is 0.741. The van der Waals surface area contributed by atoms with Crippen molar-refractivity contribution in [2.75, 3.05) is 30.3 Å². The summed E-state index contributed by atoms with van der Waals surface area (Å²) in [7, 11) is 0. The molecule has 0 spiro atoms. The Morgan fingerprint density at radius 3 is 2.73 bits per heavy atom. The number of rotatable bonds is 5. The first-order valence-corrected chi connectivity index (χ1v) is 12.1. The van der Waals surface area contributed by atoms with Crippen molar-refractivity contribution >= 4 is 17.4 Å². The second kappa shape index (κ2) is 8.27. The van der Waals surface area contributed by atoms with Crippen LogP contribution in [0.1, 0.15) is 63.3 Å². The fourth-order valence-electron chi connectivity index (χ4n) is 5.17. The second-order valence-corrected chi connectivity index (χ2v) is 10.6. The molecule has 2 aromatic rings. The predicted octanol–water partition coefficient (Wildman–Crippen LogP) is 2.36. The Kier molecular flexibility index (Phi) is 5.55. The van der Waals surface area contributed by atoms with E-state index in [-0.39, 0.29) is 24.1 Å². The van der Waals surface area contributed by atoms with E-state index in [4.69, 9.17) is 15.5 Å². The number of ether oxygens (including phenoxy) is 1. The minimum absolute atomic E-state index is 0.0720. The number of anilines is 2. The highest BCUT2D eigenvalue weighted by Crippen LogP contribution is 2.46. The Balaban J connectivity index is 1.43. The summed E-state index contributed by atoms with van der Waals surface area (Å²) in [5.41, 5.74) is 10.9. The summed E-state index contributed by atoms with van der Waals surface area (Å²) in [4.78, 5) is 22.5. The van der Waals surface area contributed by atoms with Gasteiger partial charge in [-0.1, -0.05) is 19.1 Å². The normalized spacial score (nSPS) is 22.5. The Morgan fingerprint density at radius 2 is 2.06 bits per heavy atom. The van der Waals surface area contributed by atoms with E-state index in [1.54, 1.807) is 17.1 Å². The molecule has 5 rings (SSSR count). The van der Waals surface area contributed by atoms with Gasteiger partial charge in [-0.25, -0.2) is 9.67 Å². The summed E-state index contributed by atoms with van der Waals surface area (Å²) in [6.07, 6.45) is 6.49. The number of fused-ring (bicyclic) bond motifs is 1. The highest BCUT2D eigenvalue weighted by molar-refractivity contribution is 5.77. The number of carbonyl (C=O) groups excluding carboxylic acids is 1. The molecule has 9 heteroatoms. The standard InChI is InChI=1S/C24H35N7O2/c1-15(2)19-12-29(9-10-31(19)20(32)13-30-8-7-26-28-30)23-21(25)17-11-24(3,4)33-14-18(17)22(27-23)16-5-6-16/h7-8,15-16,19H,5-6,9-14,25H2,1-4H3/t19-/m0/s1. The van der Waals surface area contributed by atoms with Crippen molar-refractivity contribution in [1.82, 2.24) is 24.9 Å². The molecule has 33 heavy (non-hydrogen) atoms. The van der Waals surface area contributed by atoms with Gasteiger partial charge in [-0.3, -0.25) is 4.79 Å². The van der Waals surface area contributed by atoms with Gasteiger partial charge < -0.3 is 20.3 Å². The van der Waals surface area contributed by atoms with Gasteiger partial charge in [-0.05, 0) is 38.2 Å². The molecule has 1 amide bonds. The summed E-state index contributed by atoms with van der Waals surface area (Å²) in [6, 6.07) is 0.0798. The van der Waals surface area contributed by atoms with Crippen LogP contribution in [-0.4, -0.2) is 62.1 Å². The summed E-state index contributed by atoms with van der Waals surface area (Å²) < 4.78 is 7.70. The number of nitrogens with two attached hydrogens (primary N) is 1. The van der Waals surface area contributed by atoms with E-state index >= 15 is 0 Å². The van der Waals surface area contributed by atoms with Crippen LogP contribution in [0.15, 0.2) is 12.4 Å². The van der Waals surface area contributed by atoms with Crippen LogP contribution < -0.4 is 10.6 Å². The minimum Gasteiger partial charge on any atom is -0.395 e. The summed E-state index contributed by atoms with van der Waals surface area (Å²) in [6.45, 7) is 11.5. The molecule has 9 nitrogen and oxygen atoms in total. The number of nitrogen functional groups attached to an aromatic ring is 1. The van der Waals surface area contributed by atoms with Crippen LogP contribution in [0.5, 0.6) is 0 Å². The Labute approximate surface area is 195 Å². The van der Waals surface area contributed by atoms with Crippen molar-refractivity contribution < 1.29 is 9.53 Å². The second-order valence-electron chi connectivity index (χ2n) is 10.6. The molecule has 2 N–H and O–H groups in total. The van der Waals surface area contributed by atoms with Crippen LogP contribution in [0.4, 0.5) is 11.5 Å². The largest absolute Gasteiger partial charge is 0.395 e. The van der Waals surface area contributed by atoms with Crippen molar-refractivity contribution in [3.05, 3.63) is 29.2 Å². The van der Waals surface area contributed by atoms with Gasteiger partial charge in [0, 0.05) is 43.7 Å². The number of carbonyl (C=O) groups is 1. The molecule has 4 heterocycles. The molecule has 3 aliphatic rings. The summed E-state index contributed by atoms with van der Waals surface area (Å²) in [5.74, 6) is 1.79. The smallest absolute Gasteiger partial charge is 0.244 e. The van der Waals surface area contributed by atoms with E-state index in [1.807, 2.05) is 4.90 Å². The summed E-state index contributed by atoms with van der Waals surface area (Å²) >= 11 is 0. The van der Waals surface area contributed by atoms with E-state index in [2.05, 4.69) is 42.9 Å². The molecule has 0 bridgehead atoms. The van der Waals surface area contributed by atoms with E-state index < -0.39 is 0 Å². The molecule has 2 fully saturated rings. The third-order valence-corrected chi connectivity index (χ3v) is 7.22. The first-order chi connectivity index (χ1) is 15.7. The lowest BCUT2D eigenvalue weighted by molar-refractivity contribution is -0.135. The van der Waals surface area contributed by atoms with E-state index in [9.17, 15) is 4.79 Å². The SMILES string of the molecule is CC(C)[C@@H]1CN(c2nc(C3CC3)c3c(c2N)CC(C)(C)OC3)CCN1C(=O)Cn1ccnn1. The molecule has 1 saturated heterocycles. The number of aromatic nitrogens is 4. The zero-order valence-electron chi connectivity index (χ0n) is 20.1. The monoisotopic (exact) mass is 453 g/mol. The van der Waals surface area contributed by atoms with Crippen molar-refractivity contribution in [2.24, 2.45) is 5.92 Å². The first kappa shape index (κ1) is 22.1. The number of pyridine rings is 1. The molecule has 1 aliphatic carbocycles. The molecule has 0 unspecified atom stereocenters. The molecule has 2 aromatic heterocycles. The lowest BCUT2D eigenvalue weighted by atomic mass is 9.89. The highest BCUT2D eigenvalue weighted by Gasteiger charge is 2.39. The molecule has 0 radical (unpaired) electrons. The van der Waals surface area contributed by atoms with Gasteiger partial charge in [0.1, 0.15) is 6.54 Å². The number of hydrogen-bond acceptors (Lipinski definition) is 7. The number of piperazine rings is 1. The van der Waals surface area contributed by atoms with E-state index in [0.29, 0.717) is 31.5 Å². The molecular formula is C24H35N7O2. The third kappa shape index (κ3) is 4.30. The zero-order valence-corrected chi connectivity index (χ0v) is 20.1. The lowest BCUT2D eigenvalue weighted by Gasteiger charge is -2.44. The van der Waals surface area contributed by atoms with Gasteiger partial charge in [-0.2, -0.15) is 0 Å². The van der Waals surface area contributed by atoms with Crippen LogP contribution in [0.2, 0.25) is 0 Å². The predicted molar refractivity (Wildman–Crippen MR) is 126 cm³/mol. The molecule has 1 saturated carbocycles. The van der Waals surface area contributed by atoms with Crippen molar-refractivity contribution in [3.8, 4) is 0 Å². The maximum Gasteiger partial charge on any atom is 0.244 e. The third-order valence-electron chi connectivity index (χ3n) is 7.22. The lowest BCUT2D eigenvalue weighted by Crippen LogP contribution is -2.58. The van der Waals surface area contributed by atoms with Crippen LogP contribution in [0, 0.1) is 5.92 Å². The molecule has 0 aromatic carbocycles. The van der Waals surface area contributed by atoms with Gasteiger partial charge in [0.2, 0.25) is 5.91 Å². The van der Waals surface area contributed by atoms with E-state index in [0.717, 1.165) is 24.5 Å². The Hall–Kier alpha value is -2.68. The van der Waals surface area contributed by atoms with Gasteiger partial charge in [0.05, 0.1) is 35.8 Å². The van der Waals surface area contributed by atoms with Gasteiger partial charge >= 0.3 is 0 Å². The highest BCUT2D eigenvalue weighted by atomic mass is 16.5. The van der Waals surface area contributed by atoms with Gasteiger partial charge in [0.15, 0.2) is 5.82 Å². The van der Waals surface area contributed by atoms with Gasteiger partial charge in [0.25, 0.3) is 0 Å². The maximum absolute atomic E-state index is 13.1. The van der Waals surface area contributed by atoms with Crippen LogP contribution in [-0.2, 0) is 29.1 Å². The average molecular weight is 454 g/mol. The zero-order chi connectivity index (χ0) is 23.3. The topological polar surface area (TPSA) is 102 Å². The Bertz CT molecular complexity index is 1030. The number of amides is 1. The Morgan fingerprint density at radius 1 is 1.27 bits per heavy atom. The fourth-order valence-corrected chi connectivity index (χ4v) is 5.17.